The van der Waals surface area contributed by atoms with E-state index in [1.165, 1.54) is 10.9 Å². The molecule has 0 saturated heterocycles. The summed E-state index contributed by atoms with van der Waals surface area (Å²) < 4.78 is 7.62. The average Bonchev–Trinajstić information content (AvgIpc) is 2.56. The number of hydrogen-bond acceptors (Lipinski definition) is 2. The molecule has 2 N–H and O–H groups in total. The Balaban J connectivity index is 2.54. The molecular weight excluding hydrogens is 200 g/mol. The molecule has 0 aliphatic heterocycles. The maximum atomic E-state index is 5.92. The zero-order valence-corrected chi connectivity index (χ0v) is 10.0. The van der Waals surface area contributed by atoms with Gasteiger partial charge in [-0.25, -0.2) is 0 Å². The molecule has 0 fully saturated rings. The highest BCUT2D eigenvalue weighted by Crippen LogP contribution is 2.26. The summed E-state index contributed by atoms with van der Waals surface area (Å²) in [6.45, 7) is 4.68. The summed E-state index contributed by atoms with van der Waals surface area (Å²) in [6.07, 6.45) is 0. The number of nitrogens with two attached hydrogens (primary N) is 1. The van der Waals surface area contributed by atoms with Gasteiger partial charge in [-0.2, -0.15) is 0 Å². The Morgan fingerprint density at radius 3 is 2.75 bits per heavy atom. The van der Waals surface area contributed by atoms with Crippen LogP contribution in [0.1, 0.15) is 25.6 Å². The summed E-state index contributed by atoms with van der Waals surface area (Å²) in [6, 6.07) is 8.31. The Bertz CT molecular complexity index is 500. The van der Waals surface area contributed by atoms with Crippen LogP contribution < -0.4 is 10.5 Å². The third-order valence-corrected chi connectivity index (χ3v) is 2.83. The second-order valence-corrected chi connectivity index (χ2v) is 4.07. The summed E-state index contributed by atoms with van der Waals surface area (Å²) >= 11 is 0. The van der Waals surface area contributed by atoms with Crippen LogP contribution >= 0.6 is 0 Å². The zero-order valence-electron chi connectivity index (χ0n) is 10.0. The third kappa shape index (κ3) is 1.78. The fourth-order valence-electron chi connectivity index (χ4n) is 2.04. The number of fused-ring (bicyclic) bond motifs is 1. The summed E-state index contributed by atoms with van der Waals surface area (Å²) in [7, 11) is 2.04. The van der Waals surface area contributed by atoms with Crippen LogP contribution in [-0.4, -0.2) is 11.2 Å². The number of rotatable bonds is 3. The largest absolute Gasteiger partial charge is 0.494 e. The number of ether oxygens (including phenoxy) is 1. The van der Waals surface area contributed by atoms with Gasteiger partial charge in [-0.15, -0.1) is 0 Å². The van der Waals surface area contributed by atoms with Gasteiger partial charge in [0.1, 0.15) is 5.75 Å². The Kier molecular flexibility index (Phi) is 2.88. The summed E-state index contributed by atoms with van der Waals surface area (Å²) in [5.41, 5.74) is 8.26. The average molecular weight is 218 g/mol. The number of hydrogen-bond donors (Lipinski definition) is 1. The minimum absolute atomic E-state index is 0.0490. The Hall–Kier alpha value is -1.48. The van der Waals surface area contributed by atoms with Crippen LogP contribution in [0.5, 0.6) is 5.75 Å². The van der Waals surface area contributed by atoms with Crippen molar-refractivity contribution in [2.75, 3.05) is 6.61 Å². The van der Waals surface area contributed by atoms with Crippen LogP contribution in [0.4, 0.5) is 0 Å². The molecule has 0 saturated carbocycles. The van der Waals surface area contributed by atoms with Gasteiger partial charge >= 0.3 is 0 Å². The predicted octanol–water partition coefficient (Wildman–Crippen LogP) is 2.60. The number of aromatic nitrogens is 1. The molecule has 1 aromatic carbocycles. The lowest BCUT2D eigenvalue weighted by molar-refractivity contribution is 0.340. The van der Waals surface area contributed by atoms with E-state index in [9.17, 15) is 0 Å². The molecule has 0 radical (unpaired) electrons. The normalized spacial score (nSPS) is 13.0. The minimum Gasteiger partial charge on any atom is -0.494 e. The number of aryl methyl sites for hydroxylation is 1. The van der Waals surface area contributed by atoms with Crippen LogP contribution in [0.25, 0.3) is 10.9 Å². The van der Waals surface area contributed by atoms with E-state index >= 15 is 0 Å². The van der Waals surface area contributed by atoms with Crippen LogP contribution in [0, 0.1) is 0 Å². The molecule has 2 rings (SSSR count). The van der Waals surface area contributed by atoms with E-state index < -0.39 is 0 Å². The van der Waals surface area contributed by atoms with Crippen LogP contribution in [-0.2, 0) is 7.05 Å². The lowest BCUT2D eigenvalue weighted by Gasteiger charge is -2.07. The fourth-order valence-corrected chi connectivity index (χ4v) is 2.04. The highest BCUT2D eigenvalue weighted by Gasteiger charge is 2.09. The van der Waals surface area contributed by atoms with Crippen molar-refractivity contribution in [2.45, 2.75) is 19.9 Å². The highest BCUT2D eigenvalue weighted by atomic mass is 16.5. The number of nitrogens with zero attached hydrogens (tertiary/aromatic N) is 1. The van der Waals surface area contributed by atoms with Crippen molar-refractivity contribution in [3.8, 4) is 5.75 Å². The lowest BCUT2D eigenvalue weighted by atomic mass is 10.2. The molecule has 1 heterocycles. The minimum atomic E-state index is 0.0490. The van der Waals surface area contributed by atoms with Crippen molar-refractivity contribution in [2.24, 2.45) is 12.8 Å². The molecule has 1 aromatic heterocycles. The summed E-state index contributed by atoms with van der Waals surface area (Å²) in [5, 5.41) is 1.18. The van der Waals surface area contributed by atoms with E-state index in [1.54, 1.807) is 0 Å². The van der Waals surface area contributed by atoms with Crippen molar-refractivity contribution < 1.29 is 4.74 Å². The molecule has 0 amide bonds. The SMILES string of the molecule is CCOc1ccc2c(c1)cc(C(C)N)n2C. The molecule has 1 atom stereocenters. The van der Waals surface area contributed by atoms with Gasteiger partial charge in [0, 0.05) is 29.7 Å². The molecule has 16 heavy (non-hydrogen) atoms. The van der Waals surface area contributed by atoms with Gasteiger partial charge in [-0.1, -0.05) is 0 Å². The Labute approximate surface area is 95.8 Å². The molecule has 3 heteroatoms. The Morgan fingerprint density at radius 2 is 2.12 bits per heavy atom. The van der Waals surface area contributed by atoms with E-state index in [0.717, 1.165) is 11.4 Å². The van der Waals surface area contributed by atoms with Crippen molar-refractivity contribution in [3.63, 3.8) is 0 Å². The molecule has 2 aromatic rings. The van der Waals surface area contributed by atoms with E-state index in [-0.39, 0.29) is 6.04 Å². The van der Waals surface area contributed by atoms with Gasteiger partial charge in [-0.05, 0) is 38.1 Å². The molecule has 0 bridgehead atoms. The smallest absolute Gasteiger partial charge is 0.120 e. The number of benzene rings is 1. The van der Waals surface area contributed by atoms with Crippen LogP contribution in [0.2, 0.25) is 0 Å². The first-order valence-corrected chi connectivity index (χ1v) is 5.61. The maximum Gasteiger partial charge on any atom is 0.120 e. The van der Waals surface area contributed by atoms with Crippen LogP contribution in [0.3, 0.4) is 0 Å². The van der Waals surface area contributed by atoms with Crippen molar-refractivity contribution in [1.82, 2.24) is 4.57 Å². The van der Waals surface area contributed by atoms with Crippen molar-refractivity contribution in [1.29, 1.82) is 0 Å². The second-order valence-electron chi connectivity index (χ2n) is 4.07. The first-order valence-electron chi connectivity index (χ1n) is 5.61. The highest BCUT2D eigenvalue weighted by molar-refractivity contribution is 5.83. The first kappa shape index (κ1) is 11.0. The Morgan fingerprint density at radius 1 is 1.38 bits per heavy atom. The standard InChI is InChI=1S/C13H18N2O/c1-4-16-11-5-6-12-10(7-11)8-13(9(2)14)15(12)3/h5-9H,4,14H2,1-3H3. The van der Waals surface area contributed by atoms with Gasteiger partial charge in [0.25, 0.3) is 0 Å². The molecule has 86 valence electrons. The van der Waals surface area contributed by atoms with Gasteiger partial charge in [0.2, 0.25) is 0 Å². The van der Waals surface area contributed by atoms with Crippen molar-refractivity contribution in [3.05, 3.63) is 30.0 Å². The summed E-state index contributed by atoms with van der Waals surface area (Å²) in [4.78, 5) is 0. The predicted molar refractivity (Wildman–Crippen MR) is 66.7 cm³/mol. The fraction of sp³-hybridized carbons (Fsp3) is 0.385. The zero-order chi connectivity index (χ0) is 11.7. The molecular formula is C13H18N2O. The van der Waals surface area contributed by atoms with Crippen LogP contribution in [0.15, 0.2) is 24.3 Å². The van der Waals surface area contributed by atoms with Gasteiger partial charge in [0.15, 0.2) is 0 Å². The quantitative estimate of drug-likeness (QED) is 0.860. The second kappa shape index (κ2) is 4.18. The van der Waals surface area contributed by atoms with E-state index in [0.29, 0.717) is 6.61 Å². The maximum absolute atomic E-state index is 5.92. The van der Waals surface area contributed by atoms with E-state index in [4.69, 9.17) is 10.5 Å². The van der Waals surface area contributed by atoms with Gasteiger partial charge < -0.3 is 15.0 Å². The topological polar surface area (TPSA) is 40.2 Å². The monoisotopic (exact) mass is 218 g/mol. The summed E-state index contributed by atoms with van der Waals surface area (Å²) in [5.74, 6) is 0.914. The molecule has 0 spiro atoms. The molecule has 1 unspecified atom stereocenters. The van der Waals surface area contributed by atoms with E-state index in [1.807, 2.05) is 27.0 Å². The molecule has 0 aliphatic carbocycles. The first-order chi connectivity index (χ1) is 7.63. The third-order valence-electron chi connectivity index (χ3n) is 2.83. The molecule has 3 nitrogen and oxygen atoms in total. The van der Waals surface area contributed by atoms with Crippen molar-refractivity contribution >= 4 is 10.9 Å². The van der Waals surface area contributed by atoms with E-state index in [2.05, 4.69) is 22.8 Å². The van der Waals surface area contributed by atoms with Gasteiger partial charge in [-0.3, -0.25) is 0 Å². The lowest BCUT2D eigenvalue weighted by Crippen LogP contribution is -2.09. The van der Waals surface area contributed by atoms with Gasteiger partial charge in [0.05, 0.1) is 6.61 Å². The molecule has 0 aliphatic rings.